The highest BCUT2D eigenvalue weighted by molar-refractivity contribution is 5.86. The molecule has 0 aromatic carbocycles. The second-order valence-electron chi connectivity index (χ2n) is 2.86. The molecule has 0 bridgehead atoms. The fraction of sp³-hybridized carbons (Fsp3) is 0.222. The lowest BCUT2D eigenvalue weighted by atomic mass is 10.4. The zero-order valence-electron chi connectivity index (χ0n) is 8.54. The van der Waals surface area contributed by atoms with Crippen molar-refractivity contribution in [2.24, 2.45) is 0 Å². The van der Waals surface area contributed by atoms with Crippen LogP contribution in [0.3, 0.4) is 0 Å². The second-order valence-corrected chi connectivity index (χ2v) is 2.86. The number of pyridine rings is 1. The Morgan fingerprint density at radius 1 is 1.44 bits per heavy atom. The number of carbonyl (C=O) groups is 1. The van der Waals surface area contributed by atoms with Crippen molar-refractivity contribution in [3.8, 4) is 0 Å². The molecular formula is C9H9N5O2. The Labute approximate surface area is 90.9 Å². The van der Waals surface area contributed by atoms with Gasteiger partial charge in [0.15, 0.2) is 0 Å². The molecule has 0 saturated carbocycles. The van der Waals surface area contributed by atoms with E-state index in [4.69, 9.17) is 4.74 Å². The van der Waals surface area contributed by atoms with E-state index in [1.165, 1.54) is 12.5 Å². The first kappa shape index (κ1) is 10.2. The van der Waals surface area contributed by atoms with Crippen LogP contribution in [0.5, 0.6) is 0 Å². The van der Waals surface area contributed by atoms with Gasteiger partial charge in [-0.2, -0.15) is 0 Å². The van der Waals surface area contributed by atoms with E-state index >= 15 is 0 Å². The van der Waals surface area contributed by atoms with Gasteiger partial charge in [0.2, 0.25) is 0 Å². The number of nitrogens with one attached hydrogen (secondary N) is 1. The van der Waals surface area contributed by atoms with Gasteiger partial charge in [-0.3, -0.25) is 5.32 Å². The minimum Gasteiger partial charge on any atom is -0.450 e. The highest BCUT2D eigenvalue weighted by atomic mass is 16.5. The Bertz CT molecular complexity index is 516. The zero-order chi connectivity index (χ0) is 11.4. The molecule has 2 heterocycles. The minimum atomic E-state index is -0.550. The number of carbonyl (C=O) groups excluding carboxylic acids is 1. The number of ether oxygens (including phenoxy) is 1. The third kappa shape index (κ3) is 2.19. The summed E-state index contributed by atoms with van der Waals surface area (Å²) in [6, 6.07) is 1.58. The Balaban J connectivity index is 2.22. The van der Waals surface area contributed by atoms with Crippen molar-refractivity contribution in [2.75, 3.05) is 11.9 Å². The van der Waals surface area contributed by atoms with E-state index in [0.29, 0.717) is 23.5 Å². The third-order valence-electron chi connectivity index (χ3n) is 1.78. The molecule has 1 N–H and O–H groups in total. The lowest BCUT2D eigenvalue weighted by Crippen LogP contribution is -2.14. The van der Waals surface area contributed by atoms with E-state index in [1.54, 1.807) is 13.0 Å². The molecule has 2 aromatic heterocycles. The van der Waals surface area contributed by atoms with Gasteiger partial charge in [-0.15, -0.1) is 10.2 Å². The third-order valence-corrected chi connectivity index (χ3v) is 1.78. The molecule has 2 aromatic rings. The number of anilines is 1. The Hall–Kier alpha value is -2.31. The topological polar surface area (TPSA) is 89.9 Å². The van der Waals surface area contributed by atoms with Crippen molar-refractivity contribution in [3.63, 3.8) is 0 Å². The molecule has 7 heteroatoms. The molecule has 2 rings (SSSR count). The van der Waals surface area contributed by atoms with Crippen molar-refractivity contribution >= 4 is 22.9 Å². The minimum absolute atomic E-state index is 0.306. The van der Waals surface area contributed by atoms with Crippen LogP contribution in [0.25, 0.3) is 11.0 Å². The van der Waals surface area contributed by atoms with Crippen LogP contribution in [0.15, 0.2) is 18.6 Å². The number of hydrogen-bond acceptors (Lipinski definition) is 6. The molecule has 82 valence electrons. The molecule has 0 aliphatic rings. The van der Waals surface area contributed by atoms with Gasteiger partial charge in [-0.05, 0) is 6.92 Å². The predicted molar refractivity (Wildman–Crippen MR) is 55.8 cm³/mol. The Kier molecular flexibility index (Phi) is 2.86. The average Bonchev–Trinajstić information content (AvgIpc) is 2.29. The number of aromatic nitrogens is 4. The Morgan fingerprint density at radius 3 is 3.12 bits per heavy atom. The number of amides is 1. The summed E-state index contributed by atoms with van der Waals surface area (Å²) in [4.78, 5) is 19.1. The zero-order valence-corrected chi connectivity index (χ0v) is 8.54. The van der Waals surface area contributed by atoms with E-state index < -0.39 is 6.09 Å². The van der Waals surface area contributed by atoms with Gasteiger partial charge in [-0.1, -0.05) is 0 Å². The molecular weight excluding hydrogens is 210 g/mol. The highest BCUT2D eigenvalue weighted by Gasteiger charge is 2.04. The molecule has 0 spiro atoms. The molecule has 16 heavy (non-hydrogen) atoms. The van der Waals surface area contributed by atoms with Gasteiger partial charge < -0.3 is 4.74 Å². The maximum Gasteiger partial charge on any atom is 0.412 e. The van der Waals surface area contributed by atoms with Gasteiger partial charge in [0.25, 0.3) is 0 Å². The second kappa shape index (κ2) is 4.47. The van der Waals surface area contributed by atoms with E-state index in [2.05, 4.69) is 25.5 Å². The van der Waals surface area contributed by atoms with Crippen LogP contribution in [0.1, 0.15) is 6.92 Å². The fourth-order valence-corrected chi connectivity index (χ4v) is 1.13. The summed E-state index contributed by atoms with van der Waals surface area (Å²) >= 11 is 0. The number of hydrogen-bond donors (Lipinski definition) is 1. The summed E-state index contributed by atoms with van der Waals surface area (Å²) in [5.41, 5.74) is 1.17. The van der Waals surface area contributed by atoms with Crippen LogP contribution < -0.4 is 5.32 Å². The molecule has 0 atom stereocenters. The highest BCUT2D eigenvalue weighted by Crippen LogP contribution is 2.10. The number of nitrogens with zero attached hydrogens (tertiary/aromatic N) is 4. The molecule has 0 aliphatic heterocycles. The SMILES string of the molecule is CCOC(=O)Nc1cc2nncnc2cn1. The number of rotatable bonds is 2. The van der Waals surface area contributed by atoms with Gasteiger partial charge in [0.1, 0.15) is 23.2 Å². The van der Waals surface area contributed by atoms with Gasteiger partial charge in [-0.25, -0.2) is 14.8 Å². The standard InChI is InChI=1S/C9H9N5O2/c1-2-16-9(15)13-8-3-6-7(4-10-8)11-5-12-14-6/h3-5H,2H2,1H3,(H,10,13,15). The van der Waals surface area contributed by atoms with Gasteiger partial charge in [0, 0.05) is 6.07 Å². The molecule has 0 saturated heterocycles. The first-order valence-electron chi connectivity index (χ1n) is 4.67. The summed E-state index contributed by atoms with van der Waals surface area (Å²) in [5, 5.41) is 9.95. The van der Waals surface area contributed by atoms with Crippen LogP contribution in [0, 0.1) is 0 Å². The molecule has 1 amide bonds. The van der Waals surface area contributed by atoms with E-state index in [-0.39, 0.29) is 0 Å². The molecule has 0 aliphatic carbocycles. The van der Waals surface area contributed by atoms with Crippen LogP contribution >= 0.6 is 0 Å². The van der Waals surface area contributed by atoms with Crippen LogP contribution in [-0.2, 0) is 4.74 Å². The smallest absolute Gasteiger partial charge is 0.412 e. The normalized spacial score (nSPS) is 10.1. The average molecular weight is 219 g/mol. The van der Waals surface area contributed by atoms with E-state index in [1.807, 2.05) is 0 Å². The molecule has 0 radical (unpaired) electrons. The van der Waals surface area contributed by atoms with Gasteiger partial charge in [0.05, 0.1) is 12.8 Å². The molecule has 7 nitrogen and oxygen atoms in total. The van der Waals surface area contributed by atoms with Crippen LogP contribution in [0.4, 0.5) is 10.6 Å². The maximum atomic E-state index is 11.1. The number of fused-ring (bicyclic) bond motifs is 1. The largest absolute Gasteiger partial charge is 0.450 e. The molecule has 0 fully saturated rings. The summed E-state index contributed by atoms with van der Waals surface area (Å²) in [6.45, 7) is 2.03. The fourth-order valence-electron chi connectivity index (χ4n) is 1.13. The predicted octanol–water partition coefficient (Wildman–Crippen LogP) is 0.988. The van der Waals surface area contributed by atoms with Crippen molar-refractivity contribution in [2.45, 2.75) is 6.92 Å². The molecule has 0 unspecified atom stereocenters. The van der Waals surface area contributed by atoms with Crippen molar-refractivity contribution in [3.05, 3.63) is 18.6 Å². The van der Waals surface area contributed by atoms with Crippen molar-refractivity contribution in [1.82, 2.24) is 20.2 Å². The first-order valence-corrected chi connectivity index (χ1v) is 4.67. The monoisotopic (exact) mass is 219 g/mol. The van der Waals surface area contributed by atoms with Crippen molar-refractivity contribution < 1.29 is 9.53 Å². The lowest BCUT2D eigenvalue weighted by Gasteiger charge is -2.04. The van der Waals surface area contributed by atoms with E-state index in [0.717, 1.165) is 0 Å². The summed E-state index contributed by atoms with van der Waals surface area (Å²) in [6.07, 6.45) is 2.29. The lowest BCUT2D eigenvalue weighted by molar-refractivity contribution is 0.168. The van der Waals surface area contributed by atoms with Crippen molar-refractivity contribution in [1.29, 1.82) is 0 Å². The summed E-state index contributed by atoms with van der Waals surface area (Å²) < 4.78 is 4.72. The summed E-state index contributed by atoms with van der Waals surface area (Å²) in [5.74, 6) is 0.355. The first-order chi connectivity index (χ1) is 7.79. The van der Waals surface area contributed by atoms with Crippen LogP contribution in [-0.4, -0.2) is 32.9 Å². The maximum absolute atomic E-state index is 11.1. The quantitative estimate of drug-likeness (QED) is 0.809. The van der Waals surface area contributed by atoms with Gasteiger partial charge >= 0.3 is 6.09 Å². The Morgan fingerprint density at radius 2 is 2.31 bits per heavy atom. The summed E-state index contributed by atoms with van der Waals surface area (Å²) in [7, 11) is 0. The van der Waals surface area contributed by atoms with E-state index in [9.17, 15) is 4.79 Å². The van der Waals surface area contributed by atoms with Crippen LogP contribution in [0.2, 0.25) is 0 Å².